The zero-order valence-electron chi connectivity index (χ0n) is 14.5. The summed E-state index contributed by atoms with van der Waals surface area (Å²) in [5, 5.41) is 7.83. The molecule has 2 aromatic carbocycles. The number of carbonyl (C=O) groups excluding carboxylic acids is 1. The Labute approximate surface area is 164 Å². The minimum Gasteiger partial charge on any atom is -0.352 e. The van der Waals surface area contributed by atoms with Gasteiger partial charge in [0.2, 0.25) is 11.7 Å². The van der Waals surface area contributed by atoms with Gasteiger partial charge in [-0.25, -0.2) is 4.39 Å². The average Bonchev–Trinajstić information content (AvgIpc) is 3.17. The highest BCUT2D eigenvalue weighted by atomic mass is 35.5. The maximum Gasteiger partial charge on any atom is 0.251 e. The summed E-state index contributed by atoms with van der Waals surface area (Å²) in [6, 6.07) is 13.2. The number of nitrogens with one attached hydrogen (secondary N) is 1. The zero-order chi connectivity index (χ0) is 19.5. The van der Waals surface area contributed by atoms with Crippen molar-refractivity contribution in [1.29, 1.82) is 0 Å². The first-order valence-electron chi connectivity index (χ1n) is 8.51. The molecule has 0 fully saturated rings. The number of carbonyl (C=O) groups is 1. The quantitative estimate of drug-likeness (QED) is 0.550. The Hall–Kier alpha value is -3.32. The molecule has 140 valence electrons. The number of aromatic nitrogens is 3. The van der Waals surface area contributed by atoms with Crippen molar-refractivity contribution in [2.45, 2.75) is 6.42 Å². The molecule has 0 aliphatic rings. The summed E-state index contributed by atoms with van der Waals surface area (Å²) < 4.78 is 19.3. The van der Waals surface area contributed by atoms with E-state index in [2.05, 4.69) is 20.4 Å². The van der Waals surface area contributed by atoms with Gasteiger partial charge in [-0.1, -0.05) is 22.8 Å². The lowest BCUT2D eigenvalue weighted by Crippen LogP contribution is -2.25. The average molecular weight is 397 g/mol. The molecule has 0 saturated heterocycles. The van der Waals surface area contributed by atoms with Gasteiger partial charge in [-0.05, 0) is 42.5 Å². The van der Waals surface area contributed by atoms with Crippen molar-refractivity contribution in [2.75, 3.05) is 6.54 Å². The number of benzene rings is 2. The van der Waals surface area contributed by atoms with Crippen molar-refractivity contribution in [2.24, 2.45) is 0 Å². The molecule has 0 saturated carbocycles. The monoisotopic (exact) mass is 396 g/mol. The molecule has 0 spiro atoms. The highest BCUT2D eigenvalue weighted by Gasteiger charge is 2.12. The Morgan fingerprint density at radius 2 is 2.00 bits per heavy atom. The van der Waals surface area contributed by atoms with Gasteiger partial charge in [0, 0.05) is 40.7 Å². The van der Waals surface area contributed by atoms with E-state index in [0.717, 1.165) is 5.56 Å². The maximum atomic E-state index is 14.1. The largest absolute Gasteiger partial charge is 0.352 e. The molecule has 2 heterocycles. The van der Waals surface area contributed by atoms with Crippen molar-refractivity contribution in [1.82, 2.24) is 20.4 Å². The van der Waals surface area contributed by atoms with Gasteiger partial charge < -0.3 is 9.84 Å². The van der Waals surface area contributed by atoms with Crippen molar-refractivity contribution in [3.63, 3.8) is 0 Å². The van der Waals surface area contributed by atoms with Crippen LogP contribution < -0.4 is 5.32 Å². The van der Waals surface area contributed by atoms with Gasteiger partial charge in [0.1, 0.15) is 11.3 Å². The summed E-state index contributed by atoms with van der Waals surface area (Å²) >= 11 is 5.86. The van der Waals surface area contributed by atoms with E-state index in [-0.39, 0.29) is 23.5 Å². The predicted molar refractivity (Wildman–Crippen MR) is 102 cm³/mol. The van der Waals surface area contributed by atoms with Crippen LogP contribution in [0.4, 0.5) is 4.39 Å². The fourth-order valence-electron chi connectivity index (χ4n) is 2.74. The van der Waals surface area contributed by atoms with Crippen LogP contribution in [0.15, 0.2) is 59.3 Å². The first-order chi connectivity index (χ1) is 13.6. The minimum absolute atomic E-state index is 0.227. The molecular formula is C20H14ClFN4O2. The topological polar surface area (TPSA) is 80.9 Å². The lowest BCUT2D eigenvalue weighted by atomic mass is 10.1. The van der Waals surface area contributed by atoms with E-state index in [4.69, 9.17) is 16.1 Å². The predicted octanol–water partition coefficient (Wildman–Crippen LogP) is 4.05. The van der Waals surface area contributed by atoms with Crippen molar-refractivity contribution in [3.8, 4) is 11.4 Å². The van der Waals surface area contributed by atoms with Crippen molar-refractivity contribution >= 4 is 28.4 Å². The van der Waals surface area contributed by atoms with Crippen molar-refractivity contribution in [3.05, 3.63) is 77.0 Å². The Morgan fingerprint density at radius 3 is 2.82 bits per heavy atom. The molecule has 1 N–H and O–H groups in total. The van der Waals surface area contributed by atoms with Gasteiger partial charge in [-0.2, -0.15) is 4.98 Å². The van der Waals surface area contributed by atoms with Crippen LogP contribution in [0.3, 0.4) is 0 Å². The van der Waals surface area contributed by atoms with Gasteiger partial charge >= 0.3 is 0 Å². The highest BCUT2D eigenvalue weighted by Crippen LogP contribution is 2.19. The molecule has 2 aromatic heterocycles. The van der Waals surface area contributed by atoms with Crippen LogP contribution in [0.5, 0.6) is 0 Å². The lowest BCUT2D eigenvalue weighted by molar-refractivity contribution is 0.0953. The third-order valence-electron chi connectivity index (χ3n) is 4.12. The third-order valence-corrected chi connectivity index (χ3v) is 4.37. The third kappa shape index (κ3) is 3.84. The molecular weight excluding hydrogens is 383 g/mol. The van der Waals surface area contributed by atoms with E-state index in [1.165, 1.54) is 12.3 Å². The molecule has 6 nitrogen and oxygen atoms in total. The van der Waals surface area contributed by atoms with Crippen LogP contribution >= 0.6 is 11.6 Å². The standard InChI is InChI=1S/C20H14ClFN4O2/c21-15-5-3-12(4-6-15)19-25-17(28-26-19)7-9-24-20(27)14-10-13-2-1-8-23-18(13)16(22)11-14/h1-6,8,10-11H,7,9H2,(H,24,27). The Bertz CT molecular complexity index is 1140. The summed E-state index contributed by atoms with van der Waals surface area (Å²) in [5.41, 5.74) is 1.24. The summed E-state index contributed by atoms with van der Waals surface area (Å²) in [6.07, 6.45) is 1.86. The number of fused-ring (bicyclic) bond motifs is 1. The maximum absolute atomic E-state index is 14.1. The zero-order valence-corrected chi connectivity index (χ0v) is 15.3. The number of halogens is 2. The first kappa shape index (κ1) is 18.1. The van der Waals surface area contributed by atoms with E-state index < -0.39 is 5.82 Å². The van der Waals surface area contributed by atoms with E-state index in [9.17, 15) is 9.18 Å². The van der Waals surface area contributed by atoms with Crippen LogP contribution in [0, 0.1) is 5.82 Å². The molecule has 0 aliphatic heterocycles. The Morgan fingerprint density at radius 1 is 1.18 bits per heavy atom. The summed E-state index contributed by atoms with van der Waals surface area (Å²) in [7, 11) is 0. The number of amides is 1. The number of nitrogens with zero attached hydrogens (tertiary/aromatic N) is 3. The summed E-state index contributed by atoms with van der Waals surface area (Å²) in [4.78, 5) is 20.6. The van der Waals surface area contributed by atoms with Crippen LogP contribution in [-0.2, 0) is 6.42 Å². The molecule has 0 bridgehead atoms. The fraction of sp³-hybridized carbons (Fsp3) is 0.100. The van der Waals surface area contributed by atoms with E-state index in [1.54, 1.807) is 42.5 Å². The Kier molecular flexibility index (Phi) is 4.99. The van der Waals surface area contributed by atoms with E-state index in [1.807, 2.05) is 0 Å². The number of rotatable bonds is 5. The SMILES string of the molecule is O=C(NCCc1nc(-c2ccc(Cl)cc2)no1)c1cc(F)c2ncccc2c1. The molecule has 4 aromatic rings. The van der Waals surface area contributed by atoms with Crippen LogP contribution in [0.25, 0.3) is 22.3 Å². The summed E-state index contributed by atoms with van der Waals surface area (Å²) in [5.74, 6) is -0.0870. The minimum atomic E-state index is -0.534. The second-order valence-corrected chi connectivity index (χ2v) is 6.49. The number of pyridine rings is 1. The van der Waals surface area contributed by atoms with Gasteiger partial charge in [-0.3, -0.25) is 9.78 Å². The van der Waals surface area contributed by atoms with Crippen LogP contribution in [0.1, 0.15) is 16.2 Å². The second-order valence-electron chi connectivity index (χ2n) is 6.06. The van der Waals surface area contributed by atoms with Crippen LogP contribution in [-0.4, -0.2) is 27.6 Å². The lowest BCUT2D eigenvalue weighted by Gasteiger charge is -2.05. The van der Waals surface area contributed by atoms with Crippen molar-refractivity contribution < 1.29 is 13.7 Å². The first-order valence-corrected chi connectivity index (χ1v) is 8.89. The summed E-state index contributed by atoms with van der Waals surface area (Å²) in [6.45, 7) is 0.272. The fourth-order valence-corrected chi connectivity index (χ4v) is 2.86. The molecule has 0 aliphatic carbocycles. The Balaban J connectivity index is 1.39. The smallest absolute Gasteiger partial charge is 0.251 e. The second kappa shape index (κ2) is 7.74. The van der Waals surface area contributed by atoms with Gasteiger partial charge in [-0.15, -0.1) is 0 Å². The number of hydrogen-bond acceptors (Lipinski definition) is 5. The molecule has 28 heavy (non-hydrogen) atoms. The van der Waals surface area contributed by atoms with E-state index >= 15 is 0 Å². The molecule has 0 atom stereocenters. The highest BCUT2D eigenvalue weighted by molar-refractivity contribution is 6.30. The molecule has 1 amide bonds. The van der Waals surface area contributed by atoms with Gasteiger partial charge in [0.25, 0.3) is 5.91 Å². The molecule has 0 unspecified atom stereocenters. The molecule has 4 rings (SSSR count). The van der Waals surface area contributed by atoms with Gasteiger partial charge in [0.15, 0.2) is 0 Å². The molecule has 0 radical (unpaired) electrons. The normalized spacial score (nSPS) is 10.9. The number of hydrogen-bond donors (Lipinski definition) is 1. The van der Waals surface area contributed by atoms with Crippen LogP contribution in [0.2, 0.25) is 5.02 Å². The molecule has 8 heteroatoms. The van der Waals surface area contributed by atoms with Gasteiger partial charge in [0.05, 0.1) is 0 Å². The van der Waals surface area contributed by atoms with E-state index in [0.29, 0.717) is 28.5 Å².